The maximum atomic E-state index is 9.47. The molecule has 92 valence electrons. The zero-order valence-electron chi connectivity index (χ0n) is 10.3. The van der Waals surface area contributed by atoms with Crippen molar-refractivity contribution in [2.45, 2.75) is 45.8 Å². The first-order valence-electron chi connectivity index (χ1n) is 5.61. The number of aliphatic hydroxyl groups is 1. The lowest BCUT2D eigenvalue weighted by Crippen LogP contribution is -2.12. The zero-order chi connectivity index (χ0) is 12.1. The number of rotatable bonds is 6. The van der Waals surface area contributed by atoms with Crippen LogP contribution in [0, 0.1) is 5.92 Å². The smallest absolute Gasteiger partial charge is 0.229 e. The van der Waals surface area contributed by atoms with Crippen LogP contribution in [0.15, 0.2) is 4.52 Å². The first kappa shape index (κ1) is 13.1. The van der Waals surface area contributed by atoms with Gasteiger partial charge in [-0.25, -0.2) is 0 Å². The zero-order valence-corrected chi connectivity index (χ0v) is 10.3. The molecule has 0 saturated carbocycles. The quantitative estimate of drug-likeness (QED) is 0.803. The van der Waals surface area contributed by atoms with E-state index < -0.39 is 6.10 Å². The van der Waals surface area contributed by atoms with E-state index in [9.17, 15) is 5.11 Å². The van der Waals surface area contributed by atoms with E-state index in [-0.39, 0.29) is 12.0 Å². The Balaban J connectivity index is 2.69. The lowest BCUT2D eigenvalue weighted by molar-refractivity contribution is 0.0555. The van der Waals surface area contributed by atoms with Gasteiger partial charge in [0, 0.05) is 7.11 Å². The van der Waals surface area contributed by atoms with Gasteiger partial charge in [-0.05, 0) is 12.3 Å². The topological polar surface area (TPSA) is 68.4 Å². The molecule has 0 aromatic carbocycles. The second-order valence-electron chi connectivity index (χ2n) is 4.21. The summed E-state index contributed by atoms with van der Waals surface area (Å²) in [6, 6.07) is 0. The molecule has 0 bridgehead atoms. The summed E-state index contributed by atoms with van der Waals surface area (Å²) in [5, 5.41) is 13.3. The number of hydrogen-bond donors (Lipinski definition) is 1. The second-order valence-corrected chi connectivity index (χ2v) is 4.21. The Hall–Kier alpha value is -0.940. The first-order valence-corrected chi connectivity index (χ1v) is 5.61. The highest BCUT2D eigenvalue weighted by Gasteiger charge is 2.21. The Morgan fingerprint density at radius 1 is 1.44 bits per heavy atom. The maximum Gasteiger partial charge on any atom is 0.229 e. The van der Waals surface area contributed by atoms with Gasteiger partial charge in [-0.3, -0.25) is 0 Å². The molecule has 0 aliphatic rings. The molecule has 0 amide bonds. The van der Waals surface area contributed by atoms with Gasteiger partial charge in [0.15, 0.2) is 0 Å². The molecule has 1 N–H and O–H groups in total. The van der Waals surface area contributed by atoms with Gasteiger partial charge >= 0.3 is 0 Å². The minimum Gasteiger partial charge on any atom is -0.393 e. The molecule has 2 atom stereocenters. The summed E-state index contributed by atoms with van der Waals surface area (Å²) in [5.41, 5.74) is 0. The summed E-state index contributed by atoms with van der Waals surface area (Å²) in [6.45, 7) is 5.98. The third-order valence-corrected chi connectivity index (χ3v) is 2.48. The Kier molecular flexibility index (Phi) is 4.89. The molecule has 0 saturated heterocycles. The minimum atomic E-state index is -0.423. The molecule has 5 nitrogen and oxygen atoms in total. The van der Waals surface area contributed by atoms with Crippen LogP contribution < -0.4 is 0 Å². The first-order chi connectivity index (χ1) is 7.58. The van der Waals surface area contributed by atoms with Crippen LogP contribution in [0.5, 0.6) is 0 Å². The van der Waals surface area contributed by atoms with Gasteiger partial charge < -0.3 is 14.4 Å². The van der Waals surface area contributed by atoms with E-state index in [0.29, 0.717) is 24.6 Å². The number of aliphatic hydroxyl groups excluding tert-OH is 1. The fourth-order valence-electron chi connectivity index (χ4n) is 1.49. The SMILES string of the molecule is CCC(O)Cc1nc(C(OC)C(C)C)no1. The molecule has 2 unspecified atom stereocenters. The summed E-state index contributed by atoms with van der Waals surface area (Å²) in [4.78, 5) is 4.23. The van der Waals surface area contributed by atoms with Gasteiger partial charge in [0.05, 0.1) is 12.5 Å². The van der Waals surface area contributed by atoms with Gasteiger partial charge in [0.25, 0.3) is 0 Å². The van der Waals surface area contributed by atoms with Gasteiger partial charge in [-0.2, -0.15) is 4.98 Å². The van der Waals surface area contributed by atoms with E-state index in [0.717, 1.165) is 0 Å². The number of nitrogens with zero attached hydrogens (tertiary/aromatic N) is 2. The monoisotopic (exact) mass is 228 g/mol. The van der Waals surface area contributed by atoms with Crippen molar-refractivity contribution >= 4 is 0 Å². The van der Waals surface area contributed by atoms with Crippen molar-refractivity contribution in [3.05, 3.63) is 11.7 Å². The van der Waals surface area contributed by atoms with Crippen LogP contribution in [-0.2, 0) is 11.2 Å². The lowest BCUT2D eigenvalue weighted by atomic mass is 10.1. The highest BCUT2D eigenvalue weighted by molar-refractivity contribution is 4.93. The lowest BCUT2D eigenvalue weighted by Gasteiger charge is -2.14. The minimum absolute atomic E-state index is 0.156. The summed E-state index contributed by atoms with van der Waals surface area (Å²) in [6.07, 6.45) is 0.498. The fourth-order valence-corrected chi connectivity index (χ4v) is 1.49. The normalized spacial score (nSPS) is 15.4. The van der Waals surface area contributed by atoms with Crippen molar-refractivity contribution in [2.75, 3.05) is 7.11 Å². The van der Waals surface area contributed by atoms with Gasteiger partial charge in [0.2, 0.25) is 11.7 Å². The third-order valence-electron chi connectivity index (χ3n) is 2.48. The number of methoxy groups -OCH3 is 1. The number of aromatic nitrogens is 2. The second kappa shape index (κ2) is 5.96. The molecule has 1 aromatic rings. The summed E-state index contributed by atoms with van der Waals surface area (Å²) in [7, 11) is 1.63. The molecular formula is C11H20N2O3. The van der Waals surface area contributed by atoms with E-state index in [1.165, 1.54) is 0 Å². The largest absolute Gasteiger partial charge is 0.393 e. The molecule has 0 fully saturated rings. The molecule has 5 heteroatoms. The van der Waals surface area contributed by atoms with Crippen molar-refractivity contribution in [2.24, 2.45) is 5.92 Å². The summed E-state index contributed by atoms with van der Waals surface area (Å²) in [5.74, 6) is 1.30. The number of hydrogen-bond acceptors (Lipinski definition) is 5. The van der Waals surface area contributed by atoms with Crippen LogP contribution in [-0.4, -0.2) is 28.5 Å². The fraction of sp³-hybridized carbons (Fsp3) is 0.818. The van der Waals surface area contributed by atoms with E-state index >= 15 is 0 Å². The van der Waals surface area contributed by atoms with Gasteiger partial charge in [-0.15, -0.1) is 0 Å². The van der Waals surface area contributed by atoms with Crippen LogP contribution in [0.4, 0.5) is 0 Å². The van der Waals surface area contributed by atoms with E-state index in [1.54, 1.807) is 7.11 Å². The molecule has 0 spiro atoms. The molecule has 16 heavy (non-hydrogen) atoms. The van der Waals surface area contributed by atoms with Gasteiger partial charge in [0.1, 0.15) is 6.10 Å². The maximum absolute atomic E-state index is 9.47. The van der Waals surface area contributed by atoms with Crippen molar-refractivity contribution in [3.63, 3.8) is 0 Å². The van der Waals surface area contributed by atoms with E-state index in [4.69, 9.17) is 9.26 Å². The van der Waals surface area contributed by atoms with Crippen LogP contribution in [0.2, 0.25) is 0 Å². The predicted molar refractivity (Wildman–Crippen MR) is 58.9 cm³/mol. The molecule has 0 aliphatic heterocycles. The Morgan fingerprint density at radius 2 is 2.12 bits per heavy atom. The van der Waals surface area contributed by atoms with Crippen molar-refractivity contribution in [3.8, 4) is 0 Å². The Morgan fingerprint density at radius 3 is 2.62 bits per heavy atom. The van der Waals surface area contributed by atoms with Crippen LogP contribution in [0.3, 0.4) is 0 Å². The Labute approximate surface area is 95.8 Å². The van der Waals surface area contributed by atoms with Crippen molar-refractivity contribution < 1.29 is 14.4 Å². The predicted octanol–water partition coefficient (Wildman–Crippen LogP) is 1.73. The number of ether oxygens (including phenoxy) is 1. The molecule has 0 aliphatic carbocycles. The average molecular weight is 228 g/mol. The van der Waals surface area contributed by atoms with Gasteiger partial charge in [-0.1, -0.05) is 25.9 Å². The molecule has 0 radical (unpaired) electrons. The molecule has 1 rings (SSSR count). The molecule has 1 heterocycles. The van der Waals surface area contributed by atoms with E-state index in [2.05, 4.69) is 10.1 Å². The van der Waals surface area contributed by atoms with Crippen LogP contribution >= 0.6 is 0 Å². The van der Waals surface area contributed by atoms with Crippen LogP contribution in [0.1, 0.15) is 45.0 Å². The summed E-state index contributed by atoms with van der Waals surface area (Å²) >= 11 is 0. The highest BCUT2D eigenvalue weighted by atomic mass is 16.5. The Bertz CT molecular complexity index is 312. The van der Waals surface area contributed by atoms with Crippen LogP contribution in [0.25, 0.3) is 0 Å². The average Bonchev–Trinajstić information content (AvgIpc) is 2.66. The van der Waals surface area contributed by atoms with Crippen molar-refractivity contribution in [1.29, 1.82) is 0 Å². The van der Waals surface area contributed by atoms with E-state index in [1.807, 2.05) is 20.8 Å². The molecule has 1 aromatic heterocycles. The summed E-state index contributed by atoms with van der Waals surface area (Å²) < 4.78 is 10.4. The highest BCUT2D eigenvalue weighted by Crippen LogP contribution is 2.22. The van der Waals surface area contributed by atoms with Crippen molar-refractivity contribution in [1.82, 2.24) is 10.1 Å². The standard InChI is InChI=1S/C11H20N2O3/c1-5-8(14)6-9-12-11(13-16-9)10(15-4)7(2)3/h7-8,10,14H,5-6H2,1-4H3. The third kappa shape index (κ3) is 3.28. The molecular weight excluding hydrogens is 208 g/mol.